The van der Waals surface area contributed by atoms with Crippen LogP contribution in [0.2, 0.25) is 0 Å². The fourth-order valence-electron chi connectivity index (χ4n) is 4.21. The average molecular weight is 332 g/mol. The van der Waals surface area contributed by atoms with Crippen molar-refractivity contribution >= 4 is 23.9 Å². The monoisotopic (exact) mass is 332 g/mol. The van der Waals surface area contributed by atoms with Crippen molar-refractivity contribution in [2.24, 2.45) is 11.3 Å². The van der Waals surface area contributed by atoms with Gasteiger partial charge in [-0.25, -0.2) is 0 Å². The van der Waals surface area contributed by atoms with Crippen LogP contribution in [0.25, 0.3) is 0 Å². The number of carbonyl (C=O) groups is 4. The smallest absolute Gasteiger partial charge is 0.322 e. The summed E-state index contributed by atoms with van der Waals surface area (Å²) in [5.74, 6) is -5.82. The van der Waals surface area contributed by atoms with E-state index in [9.17, 15) is 29.4 Å². The summed E-state index contributed by atoms with van der Waals surface area (Å²) < 4.78 is 4.60. The highest BCUT2D eigenvalue weighted by Crippen LogP contribution is 2.56. The lowest BCUT2D eigenvalue weighted by Gasteiger charge is -2.49. The lowest BCUT2D eigenvalue weighted by molar-refractivity contribution is -0.175. The molecule has 2 unspecified atom stereocenters. The highest BCUT2D eigenvalue weighted by molar-refractivity contribution is 6.04. The molecule has 7 nitrogen and oxygen atoms in total. The molecule has 3 rings (SSSR count). The first kappa shape index (κ1) is 16.2. The second kappa shape index (κ2) is 5.15. The lowest BCUT2D eigenvalue weighted by Crippen LogP contribution is -2.61. The summed E-state index contributed by atoms with van der Waals surface area (Å²) in [6.07, 6.45) is -0.227. The quantitative estimate of drug-likeness (QED) is 0.629. The van der Waals surface area contributed by atoms with E-state index < -0.39 is 40.6 Å². The molecule has 1 fully saturated rings. The van der Waals surface area contributed by atoms with Crippen LogP contribution in [0.5, 0.6) is 0 Å². The number of rotatable bonds is 3. The molecule has 24 heavy (non-hydrogen) atoms. The van der Waals surface area contributed by atoms with Gasteiger partial charge in [0, 0.05) is 5.41 Å². The maximum Gasteiger partial charge on any atom is 0.322 e. The summed E-state index contributed by atoms with van der Waals surface area (Å²) in [4.78, 5) is 47.9. The van der Waals surface area contributed by atoms with E-state index in [0.29, 0.717) is 5.56 Å². The molecular weight excluding hydrogens is 316 g/mol. The SMILES string of the molecule is CC1(C2CC(=O)OC2=O)c2ccccc2CCC1(C(=O)O)C(=O)O. The van der Waals surface area contributed by atoms with Crippen molar-refractivity contribution in [1.82, 2.24) is 0 Å². The van der Waals surface area contributed by atoms with Crippen molar-refractivity contribution in [3.05, 3.63) is 35.4 Å². The molecule has 1 heterocycles. The van der Waals surface area contributed by atoms with Crippen LogP contribution in [0.15, 0.2) is 24.3 Å². The number of hydrogen-bond donors (Lipinski definition) is 2. The van der Waals surface area contributed by atoms with Gasteiger partial charge in [-0.3, -0.25) is 19.2 Å². The van der Waals surface area contributed by atoms with Gasteiger partial charge < -0.3 is 14.9 Å². The third-order valence-corrected chi connectivity index (χ3v) is 5.53. The van der Waals surface area contributed by atoms with Crippen molar-refractivity contribution in [3.8, 4) is 0 Å². The van der Waals surface area contributed by atoms with Gasteiger partial charge >= 0.3 is 23.9 Å². The molecule has 126 valence electrons. The number of carboxylic acids is 2. The van der Waals surface area contributed by atoms with Crippen LogP contribution in [0.4, 0.5) is 0 Å². The first-order valence-electron chi connectivity index (χ1n) is 7.55. The largest absolute Gasteiger partial charge is 0.480 e. The number of hydrogen-bond acceptors (Lipinski definition) is 5. The van der Waals surface area contributed by atoms with Crippen molar-refractivity contribution in [2.45, 2.75) is 31.6 Å². The normalized spacial score (nSPS) is 28.1. The number of esters is 2. The average Bonchev–Trinajstić information content (AvgIpc) is 2.86. The van der Waals surface area contributed by atoms with E-state index in [1.165, 1.54) is 6.92 Å². The maximum atomic E-state index is 12.2. The van der Waals surface area contributed by atoms with E-state index in [0.717, 1.165) is 5.56 Å². The van der Waals surface area contributed by atoms with Crippen molar-refractivity contribution in [3.63, 3.8) is 0 Å². The van der Waals surface area contributed by atoms with Gasteiger partial charge in [-0.15, -0.1) is 0 Å². The summed E-state index contributed by atoms with van der Waals surface area (Å²) in [5, 5.41) is 19.6. The molecule has 1 aliphatic carbocycles. The number of benzene rings is 1. The number of carboxylic acid groups (broad SMARTS) is 2. The van der Waals surface area contributed by atoms with E-state index in [-0.39, 0.29) is 19.3 Å². The molecule has 0 bridgehead atoms. The van der Waals surface area contributed by atoms with Gasteiger partial charge in [0.2, 0.25) is 0 Å². The van der Waals surface area contributed by atoms with Crippen LogP contribution in [0.1, 0.15) is 30.9 Å². The number of fused-ring (bicyclic) bond motifs is 1. The standard InChI is InChI=1S/C17H16O7/c1-16(11-8-12(18)24-13(11)19)10-5-3-2-4-9(10)6-7-17(16,14(20)21)15(22)23/h2-5,11H,6-8H2,1H3,(H,20,21)(H,22,23). The third kappa shape index (κ3) is 1.84. The van der Waals surface area contributed by atoms with Gasteiger partial charge in [0.1, 0.15) is 0 Å². The molecular formula is C17H16O7. The maximum absolute atomic E-state index is 12.2. The third-order valence-electron chi connectivity index (χ3n) is 5.53. The Morgan fingerprint density at radius 3 is 2.33 bits per heavy atom. The van der Waals surface area contributed by atoms with Crippen LogP contribution in [-0.2, 0) is 35.8 Å². The molecule has 0 spiro atoms. The first-order valence-corrected chi connectivity index (χ1v) is 7.55. The Morgan fingerprint density at radius 1 is 1.17 bits per heavy atom. The number of ether oxygens (including phenoxy) is 1. The Kier molecular flexibility index (Phi) is 3.47. The molecule has 1 aromatic carbocycles. The van der Waals surface area contributed by atoms with Gasteiger partial charge in [0.05, 0.1) is 12.3 Å². The molecule has 0 aromatic heterocycles. The Labute approximate surface area is 137 Å². The van der Waals surface area contributed by atoms with Gasteiger partial charge in [-0.2, -0.15) is 0 Å². The molecule has 1 aliphatic heterocycles. The van der Waals surface area contributed by atoms with E-state index in [1.54, 1.807) is 24.3 Å². The highest BCUT2D eigenvalue weighted by Gasteiger charge is 2.68. The minimum Gasteiger partial charge on any atom is -0.480 e. The Morgan fingerprint density at radius 2 is 1.79 bits per heavy atom. The number of aryl methyl sites for hydroxylation is 1. The number of cyclic esters (lactones) is 2. The Balaban J connectivity index is 2.33. The highest BCUT2D eigenvalue weighted by atomic mass is 16.6. The second-order valence-electron chi connectivity index (χ2n) is 6.42. The molecule has 0 saturated carbocycles. The molecule has 0 radical (unpaired) electrons. The van der Waals surface area contributed by atoms with Crippen LogP contribution >= 0.6 is 0 Å². The van der Waals surface area contributed by atoms with Crippen LogP contribution in [0, 0.1) is 11.3 Å². The van der Waals surface area contributed by atoms with Gasteiger partial charge in [0.25, 0.3) is 0 Å². The minimum absolute atomic E-state index is 0.164. The van der Waals surface area contributed by atoms with Crippen LogP contribution < -0.4 is 0 Å². The number of carbonyl (C=O) groups excluding carboxylic acids is 2. The molecule has 1 aromatic rings. The molecule has 7 heteroatoms. The van der Waals surface area contributed by atoms with Crippen LogP contribution in [0.3, 0.4) is 0 Å². The Hall–Kier alpha value is -2.70. The number of aliphatic carboxylic acids is 2. The molecule has 0 amide bonds. The van der Waals surface area contributed by atoms with Crippen molar-refractivity contribution in [2.75, 3.05) is 0 Å². The summed E-state index contributed by atoms with van der Waals surface area (Å²) >= 11 is 0. The van der Waals surface area contributed by atoms with E-state index >= 15 is 0 Å². The zero-order valence-corrected chi connectivity index (χ0v) is 12.9. The fourth-order valence-corrected chi connectivity index (χ4v) is 4.21. The fraction of sp³-hybridized carbons (Fsp3) is 0.412. The summed E-state index contributed by atoms with van der Waals surface area (Å²) in [5.41, 5.74) is -2.55. The molecule has 1 saturated heterocycles. The van der Waals surface area contributed by atoms with E-state index in [4.69, 9.17) is 0 Å². The topological polar surface area (TPSA) is 118 Å². The zero-order chi connectivity index (χ0) is 17.7. The van der Waals surface area contributed by atoms with Gasteiger partial charge in [0.15, 0.2) is 5.41 Å². The van der Waals surface area contributed by atoms with Crippen LogP contribution in [-0.4, -0.2) is 34.1 Å². The zero-order valence-electron chi connectivity index (χ0n) is 12.9. The summed E-state index contributed by atoms with van der Waals surface area (Å²) in [7, 11) is 0. The predicted molar refractivity (Wildman–Crippen MR) is 79.0 cm³/mol. The van der Waals surface area contributed by atoms with Gasteiger partial charge in [-0.1, -0.05) is 31.2 Å². The predicted octanol–water partition coefficient (Wildman–Crippen LogP) is 1.14. The summed E-state index contributed by atoms with van der Waals surface area (Å²) in [6.45, 7) is 1.44. The molecule has 2 aliphatic rings. The lowest BCUT2D eigenvalue weighted by atomic mass is 9.49. The van der Waals surface area contributed by atoms with E-state index in [1.807, 2.05) is 0 Å². The molecule has 2 N–H and O–H groups in total. The van der Waals surface area contributed by atoms with Crippen molar-refractivity contribution in [1.29, 1.82) is 0 Å². The summed E-state index contributed by atoms with van der Waals surface area (Å²) in [6, 6.07) is 6.85. The Bertz CT molecular complexity index is 752. The van der Waals surface area contributed by atoms with Crippen molar-refractivity contribution < 1.29 is 34.1 Å². The molecule has 2 atom stereocenters. The second-order valence-corrected chi connectivity index (χ2v) is 6.42. The minimum atomic E-state index is -2.21. The van der Waals surface area contributed by atoms with E-state index in [2.05, 4.69) is 4.74 Å². The first-order chi connectivity index (χ1) is 11.2. The van der Waals surface area contributed by atoms with Gasteiger partial charge in [-0.05, 0) is 24.0 Å².